The molecule has 1 aliphatic carbocycles. The average molecular weight is 225 g/mol. The zero-order chi connectivity index (χ0) is 10.8. The van der Waals surface area contributed by atoms with Crippen molar-refractivity contribution < 1.29 is 0 Å². The van der Waals surface area contributed by atoms with Crippen molar-refractivity contribution in [1.82, 2.24) is 9.97 Å². The molecule has 0 N–H and O–H groups in total. The second-order valence-electron chi connectivity index (χ2n) is 4.28. The number of halogens is 1. The van der Waals surface area contributed by atoms with Crippen LogP contribution in [0.5, 0.6) is 0 Å². The van der Waals surface area contributed by atoms with Gasteiger partial charge in [-0.1, -0.05) is 31.4 Å². The van der Waals surface area contributed by atoms with Gasteiger partial charge in [-0.05, 0) is 26.2 Å². The number of hydrogen-bond acceptors (Lipinski definition) is 2. The van der Waals surface area contributed by atoms with Crippen LogP contribution in [-0.4, -0.2) is 9.97 Å². The molecule has 1 aromatic heterocycles. The first-order valence-electron chi connectivity index (χ1n) is 5.75. The van der Waals surface area contributed by atoms with Gasteiger partial charge >= 0.3 is 0 Å². The fourth-order valence-electron chi connectivity index (χ4n) is 2.26. The second kappa shape index (κ2) is 4.48. The van der Waals surface area contributed by atoms with E-state index in [1.165, 1.54) is 25.7 Å². The van der Waals surface area contributed by atoms with Gasteiger partial charge < -0.3 is 0 Å². The molecular weight excluding hydrogens is 208 g/mol. The van der Waals surface area contributed by atoms with Crippen LogP contribution in [0.1, 0.15) is 55.6 Å². The van der Waals surface area contributed by atoms with E-state index in [4.69, 9.17) is 11.6 Å². The molecule has 3 heteroatoms. The molecule has 0 amide bonds. The molecule has 1 heterocycles. The van der Waals surface area contributed by atoms with Crippen LogP contribution in [0.15, 0.2) is 0 Å². The van der Waals surface area contributed by atoms with Crippen LogP contribution in [0.25, 0.3) is 0 Å². The fourth-order valence-corrected chi connectivity index (χ4v) is 2.46. The highest BCUT2D eigenvalue weighted by Gasteiger charge is 2.21. The van der Waals surface area contributed by atoms with Gasteiger partial charge in [0.15, 0.2) is 0 Å². The van der Waals surface area contributed by atoms with E-state index in [9.17, 15) is 0 Å². The van der Waals surface area contributed by atoms with E-state index >= 15 is 0 Å². The van der Waals surface area contributed by atoms with E-state index in [-0.39, 0.29) is 0 Å². The van der Waals surface area contributed by atoms with Crippen molar-refractivity contribution in [2.45, 2.75) is 51.9 Å². The normalized spacial score (nSPS) is 17.3. The summed E-state index contributed by atoms with van der Waals surface area (Å²) in [5.41, 5.74) is 2.15. The van der Waals surface area contributed by atoms with Gasteiger partial charge in [-0.15, -0.1) is 0 Å². The molecule has 0 spiro atoms. The lowest BCUT2D eigenvalue weighted by molar-refractivity contribution is 0.659. The largest absolute Gasteiger partial charge is 0.237 e. The molecule has 0 bridgehead atoms. The Balaban J connectivity index is 2.35. The maximum atomic E-state index is 6.13. The van der Waals surface area contributed by atoms with Crippen LogP contribution in [0, 0.1) is 6.92 Å². The van der Waals surface area contributed by atoms with Gasteiger partial charge in [-0.25, -0.2) is 9.97 Å². The minimum atomic E-state index is 0.549. The number of rotatable bonds is 2. The standard InChI is InChI=1S/C12H17ClN2/c1-3-10-8(2)11(13)15-12(14-10)9-6-4-5-7-9/h9H,3-7H2,1-2H3. The van der Waals surface area contributed by atoms with E-state index in [2.05, 4.69) is 16.9 Å². The topological polar surface area (TPSA) is 25.8 Å². The monoisotopic (exact) mass is 224 g/mol. The van der Waals surface area contributed by atoms with Crippen LogP contribution in [-0.2, 0) is 6.42 Å². The molecule has 0 aliphatic heterocycles. The van der Waals surface area contributed by atoms with Crippen molar-refractivity contribution in [2.75, 3.05) is 0 Å². The molecule has 2 nitrogen and oxygen atoms in total. The maximum Gasteiger partial charge on any atom is 0.135 e. The van der Waals surface area contributed by atoms with Gasteiger partial charge in [0, 0.05) is 17.2 Å². The molecule has 0 aromatic carbocycles. The Morgan fingerprint density at radius 2 is 1.93 bits per heavy atom. The van der Waals surface area contributed by atoms with E-state index in [1.807, 2.05) is 6.92 Å². The molecular formula is C12H17ClN2. The van der Waals surface area contributed by atoms with Crippen LogP contribution >= 0.6 is 11.6 Å². The summed E-state index contributed by atoms with van der Waals surface area (Å²) in [6.45, 7) is 4.11. The van der Waals surface area contributed by atoms with Crippen LogP contribution in [0.4, 0.5) is 0 Å². The molecule has 82 valence electrons. The van der Waals surface area contributed by atoms with Gasteiger partial charge in [0.25, 0.3) is 0 Å². The summed E-state index contributed by atoms with van der Waals surface area (Å²) in [6.07, 6.45) is 6.00. The van der Waals surface area contributed by atoms with Crippen molar-refractivity contribution in [1.29, 1.82) is 0 Å². The van der Waals surface area contributed by atoms with Gasteiger partial charge in [-0.3, -0.25) is 0 Å². The smallest absolute Gasteiger partial charge is 0.135 e. The zero-order valence-electron chi connectivity index (χ0n) is 9.39. The van der Waals surface area contributed by atoms with Gasteiger partial charge in [0.2, 0.25) is 0 Å². The second-order valence-corrected chi connectivity index (χ2v) is 4.64. The van der Waals surface area contributed by atoms with Gasteiger partial charge in [0.05, 0.1) is 0 Å². The van der Waals surface area contributed by atoms with Gasteiger partial charge in [0.1, 0.15) is 11.0 Å². The van der Waals surface area contributed by atoms with Crippen LogP contribution in [0.3, 0.4) is 0 Å². The minimum absolute atomic E-state index is 0.549. The summed E-state index contributed by atoms with van der Waals surface area (Å²) >= 11 is 6.13. The van der Waals surface area contributed by atoms with Crippen molar-refractivity contribution >= 4 is 11.6 Å². The molecule has 0 atom stereocenters. The molecule has 15 heavy (non-hydrogen) atoms. The number of aryl methyl sites for hydroxylation is 1. The molecule has 0 saturated heterocycles. The lowest BCUT2D eigenvalue weighted by atomic mass is 10.1. The summed E-state index contributed by atoms with van der Waals surface area (Å²) in [4.78, 5) is 9.06. The molecule has 0 radical (unpaired) electrons. The SMILES string of the molecule is CCc1nc(C2CCCC2)nc(Cl)c1C. The summed E-state index contributed by atoms with van der Waals surface area (Å²) < 4.78 is 0. The summed E-state index contributed by atoms with van der Waals surface area (Å²) in [7, 11) is 0. The van der Waals surface area contributed by atoms with E-state index in [0.29, 0.717) is 11.1 Å². The van der Waals surface area contributed by atoms with Crippen molar-refractivity contribution in [3.05, 3.63) is 22.2 Å². The lowest BCUT2D eigenvalue weighted by Crippen LogP contribution is -2.06. The van der Waals surface area contributed by atoms with Crippen molar-refractivity contribution in [2.24, 2.45) is 0 Å². The highest BCUT2D eigenvalue weighted by Crippen LogP contribution is 2.33. The molecule has 1 aliphatic rings. The minimum Gasteiger partial charge on any atom is -0.237 e. The number of aromatic nitrogens is 2. The van der Waals surface area contributed by atoms with Crippen molar-refractivity contribution in [3.8, 4) is 0 Å². The molecule has 1 fully saturated rings. The first-order valence-corrected chi connectivity index (χ1v) is 6.13. The Labute approximate surface area is 96.1 Å². The van der Waals surface area contributed by atoms with E-state index in [0.717, 1.165) is 23.5 Å². The predicted octanol–water partition coefficient (Wildman–Crippen LogP) is 3.66. The Morgan fingerprint density at radius 3 is 2.53 bits per heavy atom. The van der Waals surface area contributed by atoms with E-state index in [1.54, 1.807) is 0 Å². The molecule has 0 unspecified atom stereocenters. The Kier molecular flexibility index (Phi) is 3.25. The molecule has 1 aromatic rings. The van der Waals surface area contributed by atoms with Crippen molar-refractivity contribution in [3.63, 3.8) is 0 Å². The summed E-state index contributed by atoms with van der Waals surface area (Å²) in [6, 6.07) is 0. The molecule has 2 rings (SSSR count). The third-order valence-corrected chi connectivity index (χ3v) is 3.63. The Morgan fingerprint density at radius 1 is 1.27 bits per heavy atom. The third kappa shape index (κ3) is 2.15. The lowest BCUT2D eigenvalue weighted by Gasteiger charge is -2.11. The number of hydrogen-bond donors (Lipinski definition) is 0. The number of nitrogens with zero attached hydrogens (tertiary/aromatic N) is 2. The highest BCUT2D eigenvalue weighted by atomic mass is 35.5. The quantitative estimate of drug-likeness (QED) is 0.717. The third-order valence-electron chi connectivity index (χ3n) is 3.26. The van der Waals surface area contributed by atoms with E-state index < -0.39 is 0 Å². The first-order chi connectivity index (χ1) is 7.22. The maximum absolute atomic E-state index is 6.13. The Bertz CT molecular complexity index is 357. The predicted molar refractivity (Wildman–Crippen MR) is 62.4 cm³/mol. The van der Waals surface area contributed by atoms with Crippen LogP contribution < -0.4 is 0 Å². The average Bonchev–Trinajstić information content (AvgIpc) is 2.75. The highest BCUT2D eigenvalue weighted by molar-refractivity contribution is 6.30. The molecule has 1 saturated carbocycles. The summed E-state index contributed by atoms with van der Waals surface area (Å²) in [5.74, 6) is 1.52. The van der Waals surface area contributed by atoms with Crippen LogP contribution in [0.2, 0.25) is 5.15 Å². The fraction of sp³-hybridized carbons (Fsp3) is 0.667. The summed E-state index contributed by atoms with van der Waals surface area (Å²) in [5, 5.41) is 0.642. The first kappa shape index (κ1) is 10.9. The Hall–Kier alpha value is -0.630. The zero-order valence-corrected chi connectivity index (χ0v) is 10.1. The van der Waals surface area contributed by atoms with Gasteiger partial charge in [-0.2, -0.15) is 0 Å².